The molecule has 15 heavy (non-hydrogen) atoms. The lowest BCUT2D eigenvalue weighted by Gasteiger charge is -2.39. The summed E-state index contributed by atoms with van der Waals surface area (Å²) in [6, 6.07) is 0. The molecule has 1 atom stereocenters. The van der Waals surface area contributed by atoms with Gasteiger partial charge in [-0.3, -0.25) is 9.48 Å². The van der Waals surface area contributed by atoms with Crippen LogP contribution in [0.25, 0.3) is 0 Å². The summed E-state index contributed by atoms with van der Waals surface area (Å²) in [5, 5.41) is 1.22. The molecule has 0 saturated carbocycles. The van der Waals surface area contributed by atoms with Crippen LogP contribution in [0.5, 0.6) is 0 Å². The van der Waals surface area contributed by atoms with Crippen LogP contribution in [0.2, 0.25) is 13.1 Å². The molecule has 1 nitrogen and oxygen atoms in total. The summed E-state index contributed by atoms with van der Waals surface area (Å²) in [5.41, 5.74) is 0.246. The van der Waals surface area contributed by atoms with E-state index in [1.54, 1.807) is 0 Å². The Morgan fingerprint density at radius 2 is 1.67 bits per heavy atom. The van der Waals surface area contributed by atoms with Crippen LogP contribution in [0.3, 0.4) is 0 Å². The minimum Gasteiger partial charge on any atom is -0.413 e. The summed E-state index contributed by atoms with van der Waals surface area (Å²) in [7, 11) is 1.69. The summed E-state index contributed by atoms with van der Waals surface area (Å²) in [4.78, 5) is 0. The van der Waals surface area contributed by atoms with Crippen molar-refractivity contribution in [1.29, 1.82) is 0 Å². The van der Waals surface area contributed by atoms with Crippen molar-refractivity contribution < 1.29 is 4.43 Å². The summed E-state index contributed by atoms with van der Waals surface area (Å²) >= 11 is 0. The van der Waals surface area contributed by atoms with Crippen LogP contribution in [0.15, 0.2) is 0 Å². The van der Waals surface area contributed by atoms with Gasteiger partial charge in [-0.2, -0.15) is 0 Å². The van der Waals surface area contributed by atoms with E-state index >= 15 is 0 Å². The van der Waals surface area contributed by atoms with E-state index in [4.69, 9.17) is 4.43 Å². The van der Waals surface area contributed by atoms with Gasteiger partial charge in [0.25, 0.3) is 0 Å². The van der Waals surface area contributed by atoms with Crippen molar-refractivity contribution in [3.05, 3.63) is 0 Å². The first-order valence-electron chi connectivity index (χ1n) is 5.47. The van der Waals surface area contributed by atoms with E-state index in [0.717, 1.165) is 0 Å². The third-order valence-electron chi connectivity index (χ3n) is 2.42. The Kier molecular flexibility index (Phi) is 5.18. The van der Waals surface area contributed by atoms with Gasteiger partial charge < -0.3 is 4.43 Å². The predicted octanol–water partition coefficient (Wildman–Crippen LogP) is 3.33. The molecule has 0 aromatic heterocycles. The monoisotopic (exact) mass is 263 g/mol. The summed E-state index contributed by atoms with van der Waals surface area (Å²) < 4.78 is 6.31. The SMILES string of the molecule is CC(O[Si](C)(C)CS(C)(C)[Si])C(C)(C)C. The highest BCUT2D eigenvalue weighted by atomic mass is 32.4. The Bertz CT molecular complexity index is 204. The van der Waals surface area contributed by atoms with E-state index in [-0.39, 0.29) is 5.41 Å². The fraction of sp³-hybridized carbons (Fsp3) is 1.00. The zero-order valence-electron chi connectivity index (χ0n) is 11.6. The van der Waals surface area contributed by atoms with Crippen LogP contribution in [-0.4, -0.2) is 41.7 Å². The largest absolute Gasteiger partial charge is 0.413 e. The van der Waals surface area contributed by atoms with E-state index in [0.29, 0.717) is 6.10 Å². The first-order chi connectivity index (χ1) is 6.33. The van der Waals surface area contributed by atoms with Crippen molar-refractivity contribution in [2.75, 3.05) is 17.9 Å². The smallest absolute Gasteiger partial charge is 0.194 e. The zero-order chi connectivity index (χ0) is 12.5. The highest BCUT2D eigenvalue weighted by Crippen LogP contribution is 2.38. The van der Waals surface area contributed by atoms with E-state index in [1.165, 1.54) is 5.38 Å². The van der Waals surface area contributed by atoms with Gasteiger partial charge in [0.2, 0.25) is 0 Å². The predicted molar refractivity (Wildman–Crippen MR) is 77.5 cm³/mol. The average molecular weight is 264 g/mol. The van der Waals surface area contributed by atoms with Gasteiger partial charge in [-0.1, -0.05) is 20.8 Å². The van der Waals surface area contributed by atoms with Crippen LogP contribution in [0, 0.1) is 5.41 Å². The first kappa shape index (κ1) is 15.7. The zero-order valence-corrected chi connectivity index (χ0v) is 14.4. The Hall–Kier alpha value is 0.744. The van der Waals surface area contributed by atoms with Crippen molar-refractivity contribution >= 4 is 27.2 Å². The lowest BCUT2D eigenvalue weighted by atomic mass is 9.91. The van der Waals surface area contributed by atoms with Gasteiger partial charge in [0, 0.05) is 6.10 Å². The first-order valence-corrected chi connectivity index (χ1v) is 12.4. The van der Waals surface area contributed by atoms with Crippen LogP contribution in [0.4, 0.5) is 0 Å². The molecular formula is C11H27OSSi2. The fourth-order valence-corrected chi connectivity index (χ4v) is 13.2. The maximum atomic E-state index is 6.31. The second-order valence-electron chi connectivity index (χ2n) is 6.57. The molecule has 0 N–H and O–H groups in total. The standard InChI is InChI=1S/C11H27OSSi2/c1-10(11(2,3)4)12-15(7,8)9-13(5,6)14/h10H,9H2,1-8H3. The Morgan fingerprint density at radius 3 is 1.93 bits per heavy atom. The number of hydrogen-bond acceptors (Lipinski definition) is 1. The van der Waals surface area contributed by atoms with Crippen molar-refractivity contribution in [2.24, 2.45) is 5.41 Å². The maximum absolute atomic E-state index is 6.31. The van der Waals surface area contributed by atoms with Gasteiger partial charge in [0.05, 0.1) is 9.39 Å². The van der Waals surface area contributed by atoms with Crippen LogP contribution >= 0.6 is 9.48 Å². The van der Waals surface area contributed by atoms with E-state index in [1.807, 2.05) is 0 Å². The molecule has 0 aliphatic heterocycles. The highest BCUT2D eigenvalue weighted by Gasteiger charge is 2.32. The van der Waals surface area contributed by atoms with Crippen LogP contribution in [0.1, 0.15) is 27.7 Å². The van der Waals surface area contributed by atoms with Gasteiger partial charge in [0.1, 0.15) is 0 Å². The Morgan fingerprint density at radius 1 is 1.27 bits per heavy atom. The van der Waals surface area contributed by atoms with Crippen LogP contribution < -0.4 is 0 Å². The van der Waals surface area contributed by atoms with Crippen molar-refractivity contribution in [1.82, 2.24) is 0 Å². The molecule has 0 heterocycles. The van der Waals surface area contributed by atoms with Gasteiger partial charge in [0.15, 0.2) is 8.32 Å². The maximum Gasteiger partial charge on any atom is 0.194 e. The lowest BCUT2D eigenvalue weighted by molar-refractivity contribution is 0.0964. The molecule has 0 saturated heterocycles. The minimum absolute atomic E-state index is 0.246. The molecule has 0 aromatic carbocycles. The molecule has 1 unspecified atom stereocenters. The molecule has 4 heteroatoms. The molecule has 91 valence electrons. The van der Waals surface area contributed by atoms with Gasteiger partial charge in [-0.25, -0.2) is 0 Å². The van der Waals surface area contributed by atoms with Crippen molar-refractivity contribution in [3.63, 3.8) is 0 Å². The van der Waals surface area contributed by atoms with E-state index in [9.17, 15) is 0 Å². The molecular weight excluding hydrogens is 236 g/mol. The molecule has 3 radical (unpaired) electrons. The molecule has 0 aromatic rings. The lowest BCUT2D eigenvalue weighted by Crippen LogP contribution is -2.44. The van der Waals surface area contributed by atoms with E-state index in [2.05, 4.69) is 62.7 Å². The van der Waals surface area contributed by atoms with Crippen molar-refractivity contribution in [2.45, 2.75) is 46.9 Å². The quantitative estimate of drug-likeness (QED) is 0.707. The molecule has 0 fully saturated rings. The molecule has 0 spiro atoms. The minimum atomic E-state index is -1.52. The molecule has 0 amide bonds. The molecule has 0 rings (SSSR count). The third kappa shape index (κ3) is 7.61. The summed E-state index contributed by atoms with van der Waals surface area (Å²) in [6.07, 6.45) is 4.93. The Balaban J connectivity index is 4.39. The highest BCUT2D eigenvalue weighted by molar-refractivity contribution is 8.49. The second kappa shape index (κ2) is 4.94. The van der Waals surface area contributed by atoms with Crippen molar-refractivity contribution in [3.8, 4) is 0 Å². The van der Waals surface area contributed by atoms with Crippen LogP contribution in [-0.2, 0) is 4.43 Å². The third-order valence-corrected chi connectivity index (χ3v) is 10.4. The Labute approximate surface area is 102 Å². The molecule has 0 aliphatic carbocycles. The number of rotatable bonds is 4. The topological polar surface area (TPSA) is 9.23 Å². The second-order valence-corrected chi connectivity index (χ2v) is 17.9. The normalized spacial score (nSPS) is 17.7. The fourth-order valence-electron chi connectivity index (χ4n) is 1.56. The van der Waals surface area contributed by atoms with E-state index < -0.39 is 17.8 Å². The van der Waals surface area contributed by atoms with Gasteiger partial charge in [-0.05, 0) is 43.3 Å². The summed E-state index contributed by atoms with van der Waals surface area (Å²) in [6.45, 7) is 13.6. The van der Waals surface area contributed by atoms with Gasteiger partial charge in [-0.15, -0.1) is 0 Å². The number of hydrogen-bond donors (Lipinski definition) is 0. The summed E-state index contributed by atoms with van der Waals surface area (Å²) in [5.74, 6) is 0. The average Bonchev–Trinajstić information content (AvgIpc) is 1.76. The molecule has 0 aliphatic rings. The van der Waals surface area contributed by atoms with Gasteiger partial charge >= 0.3 is 0 Å². The molecule has 0 bridgehead atoms.